The molecule has 2 bridgehead atoms. The van der Waals surface area contributed by atoms with Crippen LogP contribution in [-0.2, 0) is 33.6 Å². The lowest BCUT2D eigenvalue weighted by Crippen LogP contribution is -2.65. The Labute approximate surface area is 321 Å². The third-order valence-corrected chi connectivity index (χ3v) is 9.51. The molecule has 2 aliphatic heterocycles. The third-order valence-electron chi connectivity index (χ3n) is 9.22. The van der Waals surface area contributed by atoms with Crippen LogP contribution in [0.5, 0.6) is 11.5 Å². The Bertz CT molecular complexity index is 1880. The Morgan fingerprint density at radius 1 is 1.09 bits per heavy atom. The van der Waals surface area contributed by atoms with Crippen molar-refractivity contribution in [3.05, 3.63) is 70.1 Å². The van der Waals surface area contributed by atoms with Gasteiger partial charge in [-0.3, -0.25) is 24.0 Å². The number of hydrogen-bond acceptors (Lipinski definition) is 11. The van der Waals surface area contributed by atoms with Crippen LogP contribution in [0, 0.1) is 0 Å². The summed E-state index contributed by atoms with van der Waals surface area (Å²) in [5, 5.41) is 52.6. The minimum absolute atomic E-state index is 0.0204. The molecule has 18 nitrogen and oxygen atoms in total. The highest BCUT2D eigenvalue weighted by molar-refractivity contribution is 6.32. The number of halogens is 1. The van der Waals surface area contributed by atoms with Crippen molar-refractivity contribution in [2.24, 2.45) is 0 Å². The Morgan fingerprint density at radius 2 is 1.75 bits per heavy atom. The van der Waals surface area contributed by atoms with Crippen molar-refractivity contribution >= 4 is 53.1 Å². The Hall–Kier alpha value is -5.72. The molecule has 55 heavy (non-hydrogen) atoms. The Balaban J connectivity index is 2.11. The van der Waals surface area contributed by atoms with Crippen LogP contribution in [0.3, 0.4) is 0 Å². The van der Waals surface area contributed by atoms with Crippen LogP contribution in [0.15, 0.2) is 59.5 Å². The molecular weight excluding hydrogens is 744 g/mol. The fourth-order valence-corrected chi connectivity index (χ4v) is 5.95. The number of nitrogens with zero attached hydrogens (tertiary/aromatic N) is 1. The van der Waals surface area contributed by atoms with E-state index in [2.05, 4.69) is 27.8 Å². The normalized spacial score (nSPS) is 24.8. The van der Waals surface area contributed by atoms with Crippen LogP contribution in [0.4, 0.5) is 0 Å². The number of hydrogen-bond donors (Lipinski definition) is 9. The zero-order valence-corrected chi connectivity index (χ0v) is 31.7. The van der Waals surface area contributed by atoms with Gasteiger partial charge in [0.15, 0.2) is 11.5 Å². The van der Waals surface area contributed by atoms with Gasteiger partial charge < -0.3 is 56.6 Å². The van der Waals surface area contributed by atoms with Crippen molar-refractivity contribution in [3.63, 3.8) is 0 Å². The first-order chi connectivity index (χ1) is 25.7. The largest absolute Gasteiger partial charge is 0.503 e. The minimum Gasteiger partial charge on any atom is -0.503 e. The molecule has 9 N–H and O–H groups in total. The summed E-state index contributed by atoms with van der Waals surface area (Å²) in [5.41, 5.74) is -2.62. The van der Waals surface area contributed by atoms with E-state index >= 15 is 0 Å². The predicted octanol–water partition coefficient (Wildman–Crippen LogP) is 0.510. The second kappa shape index (κ2) is 18.1. The number of aliphatic hydroxyl groups is 1. The molecule has 298 valence electrons. The highest BCUT2D eigenvalue weighted by atomic mass is 35.5. The summed E-state index contributed by atoms with van der Waals surface area (Å²) >= 11 is 6.33. The lowest BCUT2D eigenvalue weighted by atomic mass is 9.90. The van der Waals surface area contributed by atoms with E-state index in [4.69, 9.17) is 21.4 Å². The van der Waals surface area contributed by atoms with Gasteiger partial charge >= 0.3 is 11.9 Å². The van der Waals surface area contributed by atoms with Crippen molar-refractivity contribution in [1.29, 1.82) is 0 Å². The average molecular weight is 789 g/mol. The molecule has 1 aromatic rings. The van der Waals surface area contributed by atoms with Crippen molar-refractivity contribution < 1.29 is 58.7 Å². The van der Waals surface area contributed by atoms with Gasteiger partial charge in [0.05, 0.1) is 11.1 Å². The molecule has 0 spiro atoms. The number of fused-ring (bicyclic) bond motifs is 2. The van der Waals surface area contributed by atoms with Crippen LogP contribution < -0.4 is 31.3 Å². The quantitative estimate of drug-likeness (QED) is 0.109. The monoisotopic (exact) mass is 788 g/mol. The van der Waals surface area contributed by atoms with Crippen LogP contribution in [0.1, 0.15) is 59.1 Å². The summed E-state index contributed by atoms with van der Waals surface area (Å²) in [6.07, 6.45) is 1.71. The van der Waals surface area contributed by atoms with Crippen molar-refractivity contribution in [2.45, 2.75) is 83.3 Å². The molecule has 5 amide bonds. The number of aliphatic carboxylic acids is 2. The number of likely N-dealkylation sites (N-methyl/N-ethyl adjacent to an activating group) is 1. The van der Waals surface area contributed by atoms with Crippen molar-refractivity contribution in [2.75, 3.05) is 13.6 Å². The number of ether oxygens (including phenoxy) is 1. The molecule has 19 heteroatoms. The van der Waals surface area contributed by atoms with E-state index in [-0.39, 0.29) is 52.9 Å². The third kappa shape index (κ3) is 9.88. The van der Waals surface area contributed by atoms with Gasteiger partial charge in [-0.1, -0.05) is 44.2 Å². The number of nitrogens with one attached hydrogen (secondary N) is 5. The van der Waals surface area contributed by atoms with E-state index in [1.165, 1.54) is 52.1 Å². The topological polar surface area (TPSA) is 273 Å². The molecule has 3 rings (SSSR count). The lowest BCUT2D eigenvalue weighted by Gasteiger charge is -2.40. The summed E-state index contributed by atoms with van der Waals surface area (Å²) in [6, 6.07) is -3.37. The van der Waals surface area contributed by atoms with Crippen LogP contribution >= 0.6 is 11.6 Å². The van der Waals surface area contributed by atoms with Gasteiger partial charge in [-0.25, -0.2) is 9.59 Å². The lowest BCUT2D eigenvalue weighted by molar-refractivity contribution is -0.146. The smallest absolute Gasteiger partial charge is 0.352 e. The second-order valence-corrected chi connectivity index (χ2v) is 13.5. The van der Waals surface area contributed by atoms with Crippen molar-refractivity contribution in [3.8, 4) is 11.5 Å². The molecule has 0 fully saturated rings. The first-order valence-corrected chi connectivity index (χ1v) is 17.4. The van der Waals surface area contributed by atoms with E-state index in [0.29, 0.717) is 0 Å². The average Bonchev–Trinajstić information content (AvgIpc) is 3.62. The number of carbonyl (C=O) groups is 7. The molecule has 6 atom stereocenters. The number of carboxylic acid groups (broad SMARTS) is 2. The Morgan fingerprint density at radius 3 is 2.29 bits per heavy atom. The standard InChI is InChI=1S/C36H45ClN6O12/c1-8-17(5)25(32(50)39-20(35(53)54)15-23(44)45)41-30(48)21-11-10-12-43(21)34(52)29-36(6,9-2)55-22-14-18(13-19(37)28(22)47)27(46)26(38-7)33(51)40-24(16(3)4)31(49)42-29/h10-11,13-15,21,24,26-27,29,38,46-47H,3,8-9,12H2,1-2,4-7H3,(H,39,50)(H,40,51)(H,41,48)(H,42,49)(H,44,45)(H,53,54)/t21-,24?,26?,27-,29?,36+/m0/s1. The zero-order valence-electron chi connectivity index (χ0n) is 31.0. The molecule has 0 radical (unpaired) electrons. The first-order valence-electron chi connectivity index (χ1n) is 17.0. The van der Waals surface area contributed by atoms with E-state index in [9.17, 15) is 48.9 Å². The molecule has 2 aliphatic rings. The molecule has 2 heterocycles. The molecule has 0 saturated heterocycles. The minimum atomic E-state index is -1.75. The predicted molar refractivity (Wildman–Crippen MR) is 196 cm³/mol. The SMILES string of the molecule is C=C(C)C1NC(=O)C(NC)[C@@H](O)c2cc(Cl)c(O)c(c2)O[C@](C)(CC)C(C(=O)N2CC=C[C@H]2C(=O)NC(C(=O)NC(=CC(=O)O)C(=O)O)=C(C)CC)NC1=O. The fraction of sp³-hybridized carbons (Fsp3) is 0.417. The molecule has 3 unspecified atom stereocenters. The van der Waals surface area contributed by atoms with Crippen molar-refractivity contribution in [1.82, 2.24) is 31.5 Å². The fourth-order valence-electron chi connectivity index (χ4n) is 5.73. The number of carbonyl (C=O) groups excluding carboxylic acids is 5. The van der Waals surface area contributed by atoms with Gasteiger partial charge in [0.25, 0.3) is 17.7 Å². The van der Waals surface area contributed by atoms with E-state index in [1.54, 1.807) is 13.8 Å². The Kier molecular flexibility index (Phi) is 14.4. The zero-order chi connectivity index (χ0) is 41.5. The van der Waals surface area contributed by atoms with Gasteiger partial charge in [-0.15, -0.1) is 0 Å². The molecular formula is C36H45ClN6O12. The molecule has 0 saturated carbocycles. The summed E-state index contributed by atoms with van der Waals surface area (Å²) in [5.74, 6) is -8.94. The van der Waals surface area contributed by atoms with Gasteiger partial charge in [-0.2, -0.15) is 0 Å². The maximum absolute atomic E-state index is 14.7. The highest BCUT2D eigenvalue weighted by Crippen LogP contribution is 2.41. The molecule has 0 aromatic heterocycles. The van der Waals surface area contributed by atoms with Crippen LogP contribution in [-0.4, -0.2) is 110 Å². The second-order valence-electron chi connectivity index (χ2n) is 13.1. The summed E-state index contributed by atoms with van der Waals surface area (Å²) in [7, 11) is 1.40. The van der Waals surface area contributed by atoms with Crippen LogP contribution in [0.25, 0.3) is 0 Å². The van der Waals surface area contributed by atoms with Gasteiger partial charge in [-0.05, 0) is 69.5 Å². The first kappa shape index (κ1) is 43.7. The number of amides is 5. The number of phenols is 1. The summed E-state index contributed by atoms with van der Waals surface area (Å²) in [6.45, 7) is 11.3. The van der Waals surface area contributed by atoms with E-state index in [1.807, 2.05) is 5.32 Å². The maximum Gasteiger partial charge on any atom is 0.352 e. The summed E-state index contributed by atoms with van der Waals surface area (Å²) in [4.78, 5) is 92.9. The van der Waals surface area contributed by atoms with Gasteiger partial charge in [0.2, 0.25) is 11.8 Å². The van der Waals surface area contributed by atoms with Gasteiger partial charge in [0, 0.05) is 6.54 Å². The number of aromatic hydroxyl groups is 1. The van der Waals surface area contributed by atoms with E-state index in [0.717, 1.165) is 4.90 Å². The summed E-state index contributed by atoms with van der Waals surface area (Å²) < 4.78 is 6.29. The molecule has 0 aliphatic carbocycles. The molecule has 1 aromatic carbocycles. The van der Waals surface area contributed by atoms with E-state index < -0.39 is 94.5 Å². The maximum atomic E-state index is 14.7. The number of rotatable bonds is 11. The number of allylic oxidation sites excluding steroid dienone is 1. The number of carboxylic acids is 2. The highest BCUT2D eigenvalue weighted by Gasteiger charge is 2.47. The number of aliphatic hydroxyl groups excluding tert-OH is 1. The number of phenolic OH excluding ortho intramolecular Hbond substituents is 1. The van der Waals surface area contributed by atoms with Crippen LogP contribution in [0.2, 0.25) is 5.02 Å². The van der Waals surface area contributed by atoms with Gasteiger partial charge in [0.1, 0.15) is 47.3 Å². The number of benzene rings is 1.